The largest absolute Gasteiger partial charge is 0.412 e. The smallest absolute Gasteiger partial charge is 0.335 e. The molecule has 0 aliphatic carbocycles. The number of aromatic nitrogens is 2. The lowest BCUT2D eigenvalue weighted by atomic mass is 10.2. The first-order chi connectivity index (χ1) is 10.2. The zero-order valence-corrected chi connectivity index (χ0v) is 13.6. The Bertz CT molecular complexity index is 854. The Kier molecular flexibility index (Phi) is 4.63. The molecule has 1 N–H and O–H groups in total. The van der Waals surface area contributed by atoms with E-state index in [0.29, 0.717) is 0 Å². The van der Waals surface area contributed by atoms with E-state index < -0.39 is 25.1 Å². The molecule has 1 heterocycles. The summed E-state index contributed by atoms with van der Waals surface area (Å²) in [6.07, 6.45) is 1.04. The molecule has 0 bridgehead atoms. The molecule has 0 aliphatic rings. The van der Waals surface area contributed by atoms with Crippen LogP contribution in [-0.4, -0.2) is 39.8 Å². The topological polar surface area (TPSA) is 119 Å². The molecule has 0 fully saturated rings. The molecule has 2 aromatic rings. The maximum absolute atomic E-state index is 12.0. The van der Waals surface area contributed by atoms with Crippen LogP contribution in [0.25, 0.3) is 0 Å². The van der Waals surface area contributed by atoms with Gasteiger partial charge in [0.2, 0.25) is 25.8 Å². The van der Waals surface area contributed by atoms with Crippen molar-refractivity contribution in [3.05, 3.63) is 35.7 Å². The summed E-state index contributed by atoms with van der Waals surface area (Å²) < 4.78 is 53.7. The van der Waals surface area contributed by atoms with E-state index in [4.69, 9.17) is 4.42 Å². The number of benzene rings is 1. The third-order valence-electron chi connectivity index (χ3n) is 2.73. The van der Waals surface area contributed by atoms with Crippen LogP contribution in [0.5, 0.6) is 0 Å². The summed E-state index contributed by atoms with van der Waals surface area (Å²) in [4.78, 5) is 0.153. The van der Waals surface area contributed by atoms with Gasteiger partial charge in [-0.3, -0.25) is 0 Å². The Labute approximate surface area is 128 Å². The second-order valence-corrected chi connectivity index (χ2v) is 8.36. The zero-order chi connectivity index (χ0) is 16.4. The van der Waals surface area contributed by atoms with Gasteiger partial charge in [0, 0.05) is 19.2 Å². The number of hydrogen-bond acceptors (Lipinski definition) is 7. The lowest BCUT2D eigenvalue weighted by Gasteiger charge is -2.05. The fourth-order valence-electron chi connectivity index (χ4n) is 1.58. The molecule has 0 spiro atoms. The second-order valence-electron chi connectivity index (χ2n) is 4.69. The molecule has 2 rings (SSSR count). The summed E-state index contributed by atoms with van der Waals surface area (Å²) in [6.45, 7) is 1.88. The van der Waals surface area contributed by atoms with Crippen molar-refractivity contribution < 1.29 is 21.3 Å². The summed E-state index contributed by atoms with van der Waals surface area (Å²) >= 11 is 0. The summed E-state index contributed by atoms with van der Waals surface area (Å²) in [5.41, 5.74) is 0.957. The van der Waals surface area contributed by atoms with Gasteiger partial charge in [0.25, 0.3) is 0 Å². The average molecular weight is 345 g/mol. The maximum atomic E-state index is 12.0. The first-order valence-electron chi connectivity index (χ1n) is 6.27. The number of sulfone groups is 1. The van der Waals surface area contributed by atoms with Gasteiger partial charge in [-0.25, -0.2) is 21.6 Å². The average Bonchev–Trinajstić information content (AvgIpc) is 2.88. The number of sulfonamides is 1. The Hall–Kier alpha value is -1.78. The van der Waals surface area contributed by atoms with Crippen LogP contribution in [0.3, 0.4) is 0 Å². The number of aryl methyl sites for hydroxylation is 1. The number of hydrogen-bond donors (Lipinski definition) is 1. The Morgan fingerprint density at radius 3 is 2.27 bits per heavy atom. The Morgan fingerprint density at radius 2 is 1.73 bits per heavy atom. The van der Waals surface area contributed by atoms with Crippen molar-refractivity contribution in [1.29, 1.82) is 0 Å². The summed E-state index contributed by atoms with van der Waals surface area (Å²) in [5.74, 6) is 0.0482. The van der Waals surface area contributed by atoms with Gasteiger partial charge >= 0.3 is 5.22 Å². The van der Waals surface area contributed by atoms with Crippen LogP contribution < -0.4 is 4.72 Å². The molecule has 10 heteroatoms. The molecule has 8 nitrogen and oxygen atoms in total. The molecule has 22 heavy (non-hydrogen) atoms. The monoisotopic (exact) mass is 345 g/mol. The van der Waals surface area contributed by atoms with Crippen LogP contribution >= 0.6 is 0 Å². The van der Waals surface area contributed by atoms with Crippen LogP contribution in [-0.2, 0) is 26.3 Å². The van der Waals surface area contributed by atoms with Gasteiger partial charge in [0.1, 0.15) is 0 Å². The van der Waals surface area contributed by atoms with Crippen molar-refractivity contribution in [3.8, 4) is 0 Å². The van der Waals surface area contributed by atoms with Crippen LogP contribution in [0, 0.1) is 6.92 Å². The SMILES string of the molecule is Cc1ccc(S(=O)(=O)NCCc2nnc(S(C)(=O)=O)o2)cc1. The molecular weight excluding hydrogens is 330 g/mol. The molecule has 0 saturated heterocycles. The molecule has 0 unspecified atom stereocenters. The van der Waals surface area contributed by atoms with Gasteiger partial charge in [0.05, 0.1) is 4.90 Å². The lowest BCUT2D eigenvalue weighted by Crippen LogP contribution is -2.26. The van der Waals surface area contributed by atoms with Crippen LogP contribution in [0.4, 0.5) is 0 Å². The third kappa shape index (κ3) is 4.12. The standard InChI is InChI=1S/C12H15N3O5S2/c1-9-3-5-10(6-4-9)22(18,19)13-8-7-11-14-15-12(20-11)21(2,16)17/h3-6,13H,7-8H2,1-2H3. The van der Waals surface area contributed by atoms with E-state index in [1.54, 1.807) is 12.1 Å². The highest BCUT2D eigenvalue weighted by Gasteiger charge is 2.17. The Balaban J connectivity index is 1.98. The van der Waals surface area contributed by atoms with E-state index in [-0.39, 0.29) is 23.8 Å². The van der Waals surface area contributed by atoms with Crippen LogP contribution in [0.15, 0.2) is 38.8 Å². The van der Waals surface area contributed by atoms with Crippen molar-refractivity contribution >= 4 is 19.9 Å². The molecular formula is C12H15N3O5S2. The molecule has 0 aliphatic heterocycles. The van der Waals surface area contributed by atoms with Gasteiger partial charge in [-0.2, -0.15) is 0 Å². The van der Waals surface area contributed by atoms with E-state index in [9.17, 15) is 16.8 Å². The van der Waals surface area contributed by atoms with E-state index in [2.05, 4.69) is 14.9 Å². The molecule has 1 aromatic carbocycles. The van der Waals surface area contributed by atoms with Crippen LogP contribution in [0.2, 0.25) is 0 Å². The minimum absolute atomic E-state index is 0.0155. The number of nitrogens with one attached hydrogen (secondary N) is 1. The second kappa shape index (κ2) is 6.15. The lowest BCUT2D eigenvalue weighted by molar-refractivity contribution is 0.397. The van der Waals surface area contributed by atoms with Gasteiger partial charge in [-0.15, -0.1) is 5.10 Å². The van der Waals surface area contributed by atoms with E-state index in [1.807, 2.05) is 6.92 Å². The van der Waals surface area contributed by atoms with Crippen molar-refractivity contribution in [3.63, 3.8) is 0 Å². The van der Waals surface area contributed by atoms with Gasteiger partial charge in [-0.05, 0) is 19.1 Å². The van der Waals surface area contributed by atoms with Gasteiger partial charge in [-0.1, -0.05) is 22.8 Å². The predicted octanol–water partition coefficient (Wildman–Crippen LogP) is 0.303. The van der Waals surface area contributed by atoms with Crippen molar-refractivity contribution in [2.75, 3.05) is 12.8 Å². The highest BCUT2D eigenvalue weighted by molar-refractivity contribution is 7.90. The van der Waals surface area contributed by atoms with E-state index in [0.717, 1.165) is 11.8 Å². The van der Waals surface area contributed by atoms with Crippen LogP contribution in [0.1, 0.15) is 11.5 Å². The van der Waals surface area contributed by atoms with Crippen molar-refractivity contribution in [2.24, 2.45) is 0 Å². The first kappa shape index (κ1) is 16.6. The van der Waals surface area contributed by atoms with Gasteiger partial charge in [0.15, 0.2) is 0 Å². The quantitative estimate of drug-likeness (QED) is 0.799. The summed E-state index contributed by atoms with van der Waals surface area (Å²) in [5, 5.41) is 6.46. The zero-order valence-electron chi connectivity index (χ0n) is 12.0. The predicted molar refractivity (Wildman–Crippen MR) is 77.5 cm³/mol. The summed E-state index contributed by atoms with van der Waals surface area (Å²) in [6, 6.07) is 6.41. The van der Waals surface area contributed by atoms with Gasteiger partial charge < -0.3 is 4.42 Å². The minimum Gasteiger partial charge on any atom is -0.412 e. The molecule has 0 amide bonds. The minimum atomic E-state index is -3.63. The highest BCUT2D eigenvalue weighted by Crippen LogP contribution is 2.10. The fourth-order valence-corrected chi connectivity index (χ4v) is 3.05. The van der Waals surface area contributed by atoms with E-state index >= 15 is 0 Å². The first-order valence-corrected chi connectivity index (χ1v) is 9.65. The molecule has 1 aromatic heterocycles. The fraction of sp³-hybridized carbons (Fsp3) is 0.333. The maximum Gasteiger partial charge on any atom is 0.335 e. The Morgan fingerprint density at radius 1 is 1.09 bits per heavy atom. The highest BCUT2D eigenvalue weighted by atomic mass is 32.2. The number of rotatable bonds is 6. The molecule has 0 atom stereocenters. The molecule has 120 valence electrons. The van der Waals surface area contributed by atoms with Crippen molar-refractivity contribution in [2.45, 2.75) is 23.5 Å². The van der Waals surface area contributed by atoms with E-state index in [1.165, 1.54) is 12.1 Å². The number of nitrogens with zero attached hydrogens (tertiary/aromatic N) is 2. The molecule has 0 saturated carbocycles. The summed E-state index contributed by atoms with van der Waals surface area (Å²) in [7, 11) is -7.19. The molecule has 0 radical (unpaired) electrons. The third-order valence-corrected chi connectivity index (χ3v) is 5.00. The normalized spacial score (nSPS) is 12.5. The van der Waals surface area contributed by atoms with Crippen molar-refractivity contribution in [1.82, 2.24) is 14.9 Å².